The molecule has 10 heteroatoms. The molecule has 0 aromatic carbocycles. The van der Waals surface area contributed by atoms with Crippen molar-refractivity contribution in [2.75, 3.05) is 19.6 Å². The van der Waals surface area contributed by atoms with E-state index in [2.05, 4.69) is 5.32 Å². The van der Waals surface area contributed by atoms with Crippen molar-refractivity contribution >= 4 is 11.9 Å². The zero-order valence-corrected chi connectivity index (χ0v) is 15.3. The maximum atomic E-state index is 8.89. The Morgan fingerprint density at radius 3 is 1.61 bits per heavy atom. The van der Waals surface area contributed by atoms with Crippen molar-refractivity contribution in [2.45, 2.75) is 20.1 Å². The van der Waals surface area contributed by atoms with Crippen molar-refractivity contribution in [3.63, 3.8) is 0 Å². The second-order valence-electron chi connectivity index (χ2n) is 2.46. The van der Waals surface area contributed by atoms with Crippen molar-refractivity contribution in [1.82, 2.24) is 5.32 Å². The van der Waals surface area contributed by atoms with Crippen molar-refractivity contribution in [3.05, 3.63) is 0 Å². The van der Waals surface area contributed by atoms with Gasteiger partial charge in [0.25, 0.3) is 0 Å². The maximum Gasteiger partial charge on any atom is 1.00 e. The van der Waals surface area contributed by atoms with Gasteiger partial charge in [0.15, 0.2) is 6.29 Å². The number of carboxylic acids is 2. The number of nitrogens with one attached hydrogen (secondary N) is 1. The molecule has 0 bridgehead atoms. The number of carboxylic acid groups (broad SMARTS) is 2. The summed E-state index contributed by atoms with van der Waals surface area (Å²) in [6, 6.07) is 0. The smallest absolute Gasteiger partial charge is 0.550 e. The van der Waals surface area contributed by atoms with E-state index in [1.807, 2.05) is 0 Å². The molecule has 0 rings (SSSR count). The van der Waals surface area contributed by atoms with E-state index in [1.54, 1.807) is 0 Å². The van der Waals surface area contributed by atoms with Crippen LogP contribution in [0.5, 0.6) is 0 Å². The summed E-state index contributed by atoms with van der Waals surface area (Å²) in [6.07, 6.45) is -1.26. The third-order valence-corrected chi connectivity index (χ3v) is 0.648. The van der Waals surface area contributed by atoms with Crippen molar-refractivity contribution in [3.8, 4) is 0 Å². The van der Waals surface area contributed by atoms with Crippen LogP contribution in [-0.2, 0) is 9.59 Å². The maximum absolute atomic E-state index is 8.89. The van der Waals surface area contributed by atoms with Crippen LogP contribution in [-0.4, -0.2) is 48.1 Å². The topological polar surface area (TPSA) is 159 Å². The molecule has 5 N–H and O–H groups in total. The van der Waals surface area contributed by atoms with Gasteiger partial charge in [-0.1, -0.05) is 0 Å². The Balaban J connectivity index is -0.0000000489. The van der Waals surface area contributed by atoms with Gasteiger partial charge < -0.3 is 41.1 Å². The molecule has 0 radical (unpaired) electrons. The monoisotopic (exact) mass is 284 g/mol. The molecule has 18 heavy (non-hydrogen) atoms. The van der Waals surface area contributed by atoms with Gasteiger partial charge in [0.2, 0.25) is 0 Å². The second-order valence-corrected chi connectivity index (χ2v) is 2.46. The summed E-state index contributed by atoms with van der Waals surface area (Å²) in [5.74, 6) is -2.17. The van der Waals surface area contributed by atoms with Gasteiger partial charge in [0.05, 0.1) is 0 Å². The molecule has 0 heterocycles. The number of aliphatic hydroxyl groups is 2. The van der Waals surface area contributed by atoms with Gasteiger partial charge in [-0.05, 0) is 13.8 Å². The summed E-state index contributed by atoms with van der Waals surface area (Å²) in [6.45, 7) is 3.28. The second kappa shape index (κ2) is 26.4. The molecule has 0 unspecified atom stereocenters. The fourth-order valence-corrected chi connectivity index (χ4v) is 0.333. The van der Waals surface area contributed by atoms with E-state index in [9.17, 15) is 0 Å². The Morgan fingerprint density at radius 1 is 1.17 bits per heavy atom. The molecule has 0 aliphatic rings. The first-order valence-electron chi connectivity index (χ1n) is 4.36. The number of aliphatic hydroxyl groups excluding tert-OH is 1. The van der Waals surface area contributed by atoms with Crippen LogP contribution in [0.15, 0.2) is 0 Å². The number of nitrogens with two attached hydrogens (primary N) is 1. The number of hydrogen-bond acceptors (Lipinski definition) is 8. The van der Waals surface area contributed by atoms with Crippen LogP contribution in [0, 0.1) is 0 Å². The normalized spacial score (nSPS) is 7.44. The summed E-state index contributed by atoms with van der Waals surface area (Å²) in [4.78, 5) is 17.8. The molecule has 0 aliphatic carbocycles. The summed E-state index contributed by atoms with van der Waals surface area (Å²) in [7, 11) is 0. The predicted octanol–water partition coefficient (Wildman–Crippen LogP) is -10.6. The summed E-state index contributed by atoms with van der Waals surface area (Å²) < 4.78 is 0. The summed E-state index contributed by atoms with van der Waals surface area (Å²) >= 11 is 0. The zero-order chi connectivity index (χ0) is 13.6. The Kier molecular flexibility index (Phi) is 45.8. The van der Waals surface area contributed by atoms with Crippen LogP contribution < -0.4 is 80.4 Å². The van der Waals surface area contributed by atoms with Crippen LogP contribution in [0.3, 0.4) is 0 Å². The van der Waals surface area contributed by atoms with Gasteiger partial charge in [-0.15, -0.1) is 0 Å². The van der Waals surface area contributed by atoms with Crippen molar-refractivity contribution < 1.29 is 89.1 Å². The van der Waals surface area contributed by atoms with E-state index in [4.69, 9.17) is 35.7 Å². The van der Waals surface area contributed by atoms with Gasteiger partial charge in [-0.25, -0.2) is 0 Å². The minimum atomic E-state index is -1.26. The Morgan fingerprint density at radius 2 is 1.44 bits per heavy atom. The largest absolute Gasteiger partial charge is 1.00 e. The average Bonchev–Trinajstić information content (AvgIpc) is 2.01. The SMILES string of the molecule is CC(=O)[O-].CC(=O)[O-].NCCNCC(O)O.[Na+].[Na+]. The van der Waals surface area contributed by atoms with Gasteiger partial charge in [0.1, 0.15) is 0 Å². The van der Waals surface area contributed by atoms with Crippen molar-refractivity contribution in [1.29, 1.82) is 0 Å². The minimum Gasteiger partial charge on any atom is -0.550 e. The summed E-state index contributed by atoms with van der Waals surface area (Å²) in [5, 5.41) is 36.9. The molecule has 0 aromatic rings. The van der Waals surface area contributed by atoms with E-state index in [0.717, 1.165) is 13.8 Å². The first kappa shape index (κ1) is 31.3. The minimum absolute atomic E-state index is 0. The predicted molar refractivity (Wildman–Crippen MR) is 51.5 cm³/mol. The fraction of sp³-hybridized carbons (Fsp3) is 0.750. The van der Waals surface area contributed by atoms with Crippen molar-refractivity contribution in [2.24, 2.45) is 5.73 Å². The molecular weight excluding hydrogens is 266 g/mol. The number of carbonyl (C=O) groups excluding carboxylic acids is 2. The van der Waals surface area contributed by atoms with Gasteiger partial charge >= 0.3 is 59.1 Å². The molecule has 0 spiro atoms. The number of carbonyl (C=O) groups is 2. The zero-order valence-electron chi connectivity index (χ0n) is 11.3. The molecule has 0 amide bonds. The van der Waals surface area contributed by atoms with E-state index in [1.165, 1.54) is 0 Å². The Hall–Kier alpha value is 0.780. The molecule has 0 atom stereocenters. The van der Waals surface area contributed by atoms with E-state index in [-0.39, 0.29) is 65.7 Å². The number of hydrogen-bond donors (Lipinski definition) is 4. The molecule has 0 saturated heterocycles. The molecular formula is C8H18N2Na2O6. The van der Waals surface area contributed by atoms with Crippen LogP contribution in [0.4, 0.5) is 0 Å². The first-order chi connectivity index (χ1) is 7.23. The van der Waals surface area contributed by atoms with Crippen LogP contribution in [0.1, 0.15) is 13.8 Å². The Bertz CT molecular complexity index is 163. The molecule has 8 nitrogen and oxygen atoms in total. The molecule has 0 aliphatic heterocycles. The Labute approximate surface area is 151 Å². The quantitative estimate of drug-likeness (QED) is 0.225. The average molecular weight is 284 g/mol. The number of aliphatic carboxylic acids is 2. The number of rotatable bonds is 4. The fourth-order valence-electron chi connectivity index (χ4n) is 0.333. The van der Waals surface area contributed by atoms with Gasteiger partial charge in [-0.2, -0.15) is 0 Å². The van der Waals surface area contributed by atoms with Gasteiger partial charge in [-0.3, -0.25) is 0 Å². The van der Waals surface area contributed by atoms with E-state index in [0.29, 0.717) is 13.1 Å². The van der Waals surface area contributed by atoms with Crippen LogP contribution >= 0.6 is 0 Å². The molecule has 0 fully saturated rings. The van der Waals surface area contributed by atoms with E-state index >= 15 is 0 Å². The van der Waals surface area contributed by atoms with E-state index < -0.39 is 18.2 Å². The molecule has 0 aromatic heterocycles. The standard InChI is InChI=1S/C4H12N2O2.2C2H4O2.2Na/c5-1-2-6-3-4(7)8;2*1-2(3)4;;/h4,6-8H,1-3,5H2;2*1H3,(H,3,4);;/q;;;2*+1/p-2. The van der Waals surface area contributed by atoms with Crippen LogP contribution in [0.25, 0.3) is 0 Å². The van der Waals surface area contributed by atoms with Gasteiger partial charge in [0, 0.05) is 31.6 Å². The first-order valence-corrected chi connectivity index (χ1v) is 4.36. The summed E-state index contributed by atoms with van der Waals surface area (Å²) in [5.41, 5.74) is 5.09. The molecule has 0 saturated carbocycles. The molecule has 98 valence electrons. The third kappa shape index (κ3) is 125. The third-order valence-electron chi connectivity index (χ3n) is 0.648. The van der Waals surface area contributed by atoms with Crippen LogP contribution in [0.2, 0.25) is 0 Å².